The SMILES string of the molecule is CCC(C)(C)NC(=O)COC(=O)c1ccc2c(c1)CCCC2. The van der Waals surface area contributed by atoms with Crippen molar-refractivity contribution in [2.24, 2.45) is 0 Å². The van der Waals surface area contributed by atoms with Crippen LogP contribution >= 0.6 is 0 Å². The molecule has 1 N–H and O–H groups in total. The molecule has 22 heavy (non-hydrogen) atoms. The number of rotatable bonds is 5. The van der Waals surface area contributed by atoms with Crippen molar-refractivity contribution < 1.29 is 14.3 Å². The molecule has 4 nitrogen and oxygen atoms in total. The average Bonchev–Trinajstić information content (AvgIpc) is 2.51. The Labute approximate surface area is 132 Å². The lowest BCUT2D eigenvalue weighted by Crippen LogP contribution is -2.44. The van der Waals surface area contributed by atoms with Crippen molar-refractivity contribution >= 4 is 11.9 Å². The first-order valence-corrected chi connectivity index (χ1v) is 8.01. The van der Waals surface area contributed by atoms with Crippen molar-refractivity contribution in [1.29, 1.82) is 0 Å². The van der Waals surface area contributed by atoms with E-state index in [0.29, 0.717) is 5.56 Å². The van der Waals surface area contributed by atoms with E-state index >= 15 is 0 Å². The first-order valence-electron chi connectivity index (χ1n) is 8.01. The Morgan fingerprint density at radius 2 is 1.86 bits per heavy atom. The molecule has 0 unspecified atom stereocenters. The molecule has 120 valence electrons. The van der Waals surface area contributed by atoms with Gasteiger partial charge in [0.1, 0.15) is 0 Å². The summed E-state index contributed by atoms with van der Waals surface area (Å²) in [7, 11) is 0. The van der Waals surface area contributed by atoms with E-state index in [1.54, 1.807) is 6.07 Å². The number of ether oxygens (including phenoxy) is 1. The Bertz CT molecular complexity index is 563. The molecule has 1 aliphatic rings. The number of hydrogen-bond donors (Lipinski definition) is 1. The summed E-state index contributed by atoms with van der Waals surface area (Å²) in [6.45, 7) is 5.64. The fourth-order valence-electron chi connectivity index (χ4n) is 2.58. The molecule has 1 aromatic rings. The number of nitrogens with one attached hydrogen (secondary N) is 1. The molecule has 0 bridgehead atoms. The number of amides is 1. The van der Waals surface area contributed by atoms with Crippen LogP contribution in [0.4, 0.5) is 0 Å². The molecule has 2 rings (SSSR count). The second-order valence-electron chi connectivity index (χ2n) is 6.55. The quantitative estimate of drug-likeness (QED) is 0.851. The van der Waals surface area contributed by atoms with E-state index in [1.807, 2.05) is 32.9 Å². The average molecular weight is 303 g/mol. The predicted octanol–water partition coefficient (Wildman–Crippen LogP) is 3.03. The van der Waals surface area contributed by atoms with Crippen molar-refractivity contribution in [3.8, 4) is 0 Å². The molecule has 0 spiro atoms. The minimum Gasteiger partial charge on any atom is -0.452 e. The van der Waals surface area contributed by atoms with E-state index in [0.717, 1.165) is 19.3 Å². The molecule has 0 atom stereocenters. The lowest BCUT2D eigenvalue weighted by atomic mass is 9.90. The van der Waals surface area contributed by atoms with Crippen LogP contribution in [0.15, 0.2) is 18.2 Å². The van der Waals surface area contributed by atoms with Gasteiger partial charge in [-0.15, -0.1) is 0 Å². The molecule has 1 amide bonds. The lowest BCUT2D eigenvalue weighted by Gasteiger charge is -2.24. The van der Waals surface area contributed by atoms with Gasteiger partial charge < -0.3 is 10.1 Å². The molecule has 0 aliphatic heterocycles. The minimum absolute atomic E-state index is 0.237. The van der Waals surface area contributed by atoms with Gasteiger partial charge in [0.2, 0.25) is 0 Å². The van der Waals surface area contributed by atoms with Crippen LogP contribution in [0.3, 0.4) is 0 Å². The molecule has 0 aromatic heterocycles. The summed E-state index contributed by atoms with van der Waals surface area (Å²) in [4.78, 5) is 23.9. The van der Waals surface area contributed by atoms with Gasteiger partial charge in [-0.2, -0.15) is 0 Å². The fourth-order valence-corrected chi connectivity index (χ4v) is 2.58. The maximum absolute atomic E-state index is 12.1. The van der Waals surface area contributed by atoms with Crippen LogP contribution in [0.5, 0.6) is 0 Å². The summed E-state index contributed by atoms with van der Waals surface area (Å²) >= 11 is 0. The summed E-state index contributed by atoms with van der Waals surface area (Å²) in [6, 6.07) is 5.70. The molecule has 0 radical (unpaired) electrons. The van der Waals surface area contributed by atoms with E-state index in [9.17, 15) is 9.59 Å². The number of esters is 1. The van der Waals surface area contributed by atoms with Crippen LogP contribution in [0.25, 0.3) is 0 Å². The molecule has 0 fully saturated rings. The highest BCUT2D eigenvalue weighted by molar-refractivity contribution is 5.91. The highest BCUT2D eigenvalue weighted by atomic mass is 16.5. The smallest absolute Gasteiger partial charge is 0.338 e. The van der Waals surface area contributed by atoms with E-state index in [1.165, 1.54) is 24.0 Å². The van der Waals surface area contributed by atoms with Gasteiger partial charge in [-0.3, -0.25) is 4.79 Å². The first-order chi connectivity index (χ1) is 10.4. The van der Waals surface area contributed by atoms with Crippen molar-refractivity contribution in [3.05, 3.63) is 34.9 Å². The van der Waals surface area contributed by atoms with E-state index in [2.05, 4.69) is 5.32 Å². The maximum atomic E-state index is 12.1. The molecule has 0 heterocycles. The summed E-state index contributed by atoms with van der Waals surface area (Å²) in [6.07, 6.45) is 5.29. The number of carbonyl (C=O) groups excluding carboxylic acids is 2. The Morgan fingerprint density at radius 3 is 2.55 bits per heavy atom. The number of hydrogen-bond acceptors (Lipinski definition) is 3. The monoisotopic (exact) mass is 303 g/mol. The number of fused-ring (bicyclic) bond motifs is 1. The molecular formula is C18H25NO3. The van der Waals surface area contributed by atoms with Crippen molar-refractivity contribution in [3.63, 3.8) is 0 Å². The predicted molar refractivity (Wildman–Crippen MR) is 85.9 cm³/mol. The van der Waals surface area contributed by atoms with Crippen LogP contribution < -0.4 is 5.32 Å². The lowest BCUT2D eigenvalue weighted by molar-refractivity contribution is -0.125. The summed E-state index contributed by atoms with van der Waals surface area (Å²) in [5, 5.41) is 2.85. The van der Waals surface area contributed by atoms with E-state index < -0.39 is 5.97 Å². The third-order valence-electron chi connectivity index (χ3n) is 4.28. The topological polar surface area (TPSA) is 55.4 Å². The van der Waals surface area contributed by atoms with Crippen LogP contribution in [0, 0.1) is 0 Å². The van der Waals surface area contributed by atoms with Gasteiger partial charge >= 0.3 is 5.97 Å². The second-order valence-corrected chi connectivity index (χ2v) is 6.55. The zero-order valence-corrected chi connectivity index (χ0v) is 13.7. The maximum Gasteiger partial charge on any atom is 0.338 e. The van der Waals surface area contributed by atoms with Gasteiger partial charge in [0.05, 0.1) is 5.56 Å². The van der Waals surface area contributed by atoms with Gasteiger partial charge in [0.25, 0.3) is 5.91 Å². The van der Waals surface area contributed by atoms with Gasteiger partial charge in [0.15, 0.2) is 6.61 Å². The van der Waals surface area contributed by atoms with Crippen LogP contribution in [-0.2, 0) is 22.4 Å². The van der Waals surface area contributed by atoms with Gasteiger partial charge in [0, 0.05) is 5.54 Å². The summed E-state index contributed by atoms with van der Waals surface area (Å²) in [5.74, 6) is -0.698. The highest BCUT2D eigenvalue weighted by Crippen LogP contribution is 2.22. The third kappa shape index (κ3) is 4.33. The standard InChI is InChI=1S/C18H25NO3/c1-4-18(2,3)19-16(20)12-22-17(21)15-10-9-13-7-5-6-8-14(13)11-15/h9-11H,4-8,12H2,1-3H3,(H,19,20). The van der Waals surface area contributed by atoms with Gasteiger partial charge in [-0.05, 0) is 69.2 Å². The number of carbonyl (C=O) groups is 2. The van der Waals surface area contributed by atoms with E-state index in [-0.39, 0.29) is 18.1 Å². The zero-order valence-electron chi connectivity index (χ0n) is 13.7. The van der Waals surface area contributed by atoms with Gasteiger partial charge in [-0.25, -0.2) is 4.79 Å². The summed E-state index contributed by atoms with van der Waals surface area (Å²) in [5.41, 5.74) is 2.81. The van der Waals surface area contributed by atoms with E-state index in [4.69, 9.17) is 4.74 Å². The third-order valence-corrected chi connectivity index (χ3v) is 4.28. The number of aryl methyl sites for hydroxylation is 2. The molecule has 0 saturated carbocycles. The normalized spacial score (nSPS) is 14.1. The highest BCUT2D eigenvalue weighted by Gasteiger charge is 2.19. The molecule has 4 heteroatoms. The van der Waals surface area contributed by atoms with Crippen LogP contribution in [-0.4, -0.2) is 24.0 Å². The van der Waals surface area contributed by atoms with Crippen molar-refractivity contribution in [1.82, 2.24) is 5.32 Å². The Hall–Kier alpha value is -1.84. The largest absolute Gasteiger partial charge is 0.452 e. The zero-order chi connectivity index (χ0) is 16.2. The Morgan fingerprint density at radius 1 is 1.18 bits per heavy atom. The summed E-state index contributed by atoms with van der Waals surface area (Å²) < 4.78 is 5.12. The molecular weight excluding hydrogens is 278 g/mol. The first kappa shape index (κ1) is 16.5. The number of benzene rings is 1. The van der Waals surface area contributed by atoms with Crippen molar-refractivity contribution in [2.45, 2.75) is 58.4 Å². The van der Waals surface area contributed by atoms with Crippen LogP contribution in [0.1, 0.15) is 61.5 Å². The molecule has 1 aromatic carbocycles. The Balaban J connectivity index is 1.91. The minimum atomic E-state index is -0.433. The Kier molecular flexibility index (Phi) is 5.22. The fraction of sp³-hybridized carbons (Fsp3) is 0.556. The van der Waals surface area contributed by atoms with Gasteiger partial charge in [-0.1, -0.05) is 13.0 Å². The second kappa shape index (κ2) is 6.95. The molecule has 0 saturated heterocycles. The van der Waals surface area contributed by atoms with Crippen LogP contribution in [0.2, 0.25) is 0 Å². The molecule has 1 aliphatic carbocycles. The van der Waals surface area contributed by atoms with Crippen molar-refractivity contribution in [2.75, 3.05) is 6.61 Å².